The zero-order valence-electron chi connectivity index (χ0n) is 10.5. The average molecular weight is 232 g/mol. The average Bonchev–Trinajstić information content (AvgIpc) is 3.04. The summed E-state index contributed by atoms with van der Waals surface area (Å²) in [5, 5.41) is 3.05. The molecule has 3 nitrogen and oxygen atoms in total. The van der Waals surface area contributed by atoms with E-state index in [1.165, 1.54) is 11.1 Å². The van der Waals surface area contributed by atoms with Gasteiger partial charge in [0.1, 0.15) is 0 Å². The van der Waals surface area contributed by atoms with Crippen LogP contribution < -0.4 is 11.1 Å². The van der Waals surface area contributed by atoms with Crippen LogP contribution in [-0.2, 0) is 11.2 Å². The first kappa shape index (κ1) is 12.1. The molecule has 0 saturated heterocycles. The number of nitrogens with one attached hydrogen (secondary N) is 1. The van der Waals surface area contributed by atoms with Crippen LogP contribution in [0, 0.1) is 13.8 Å². The number of benzene rings is 1. The van der Waals surface area contributed by atoms with E-state index in [4.69, 9.17) is 5.73 Å². The molecule has 0 aliphatic heterocycles. The van der Waals surface area contributed by atoms with Gasteiger partial charge in [0, 0.05) is 6.54 Å². The maximum atomic E-state index is 11.9. The molecule has 17 heavy (non-hydrogen) atoms. The van der Waals surface area contributed by atoms with Gasteiger partial charge in [0.15, 0.2) is 0 Å². The number of nitrogens with two attached hydrogens (primary N) is 1. The van der Waals surface area contributed by atoms with Gasteiger partial charge in [-0.25, -0.2) is 0 Å². The van der Waals surface area contributed by atoms with Crippen LogP contribution in [0.1, 0.15) is 29.5 Å². The lowest BCUT2D eigenvalue weighted by molar-refractivity contribution is -0.121. The van der Waals surface area contributed by atoms with Crippen LogP contribution in [0.2, 0.25) is 0 Å². The highest BCUT2D eigenvalue weighted by atomic mass is 16.1. The molecule has 1 aliphatic rings. The molecule has 0 unspecified atom stereocenters. The first-order chi connectivity index (χ1) is 8.04. The van der Waals surface area contributed by atoms with Crippen LogP contribution in [0.5, 0.6) is 0 Å². The number of amides is 1. The zero-order valence-corrected chi connectivity index (χ0v) is 10.5. The monoisotopic (exact) mass is 232 g/mol. The summed E-state index contributed by atoms with van der Waals surface area (Å²) in [7, 11) is 0. The Morgan fingerprint density at radius 2 is 2.12 bits per heavy atom. The summed E-state index contributed by atoms with van der Waals surface area (Å²) in [5.74, 6) is 0.0849. The van der Waals surface area contributed by atoms with Crippen molar-refractivity contribution in [1.82, 2.24) is 5.32 Å². The van der Waals surface area contributed by atoms with E-state index in [1.807, 2.05) is 13.8 Å². The number of rotatable bonds is 4. The molecule has 1 aromatic rings. The van der Waals surface area contributed by atoms with Crippen LogP contribution in [0.25, 0.3) is 0 Å². The molecule has 0 radical (unpaired) electrons. The van der Waals surface area contributed by atoms with Crippen molar-refractivity contribution >= 4 is 5.91 Å². The van der Waals surface area contributed by atoms with E-state index in [0.717, 1.165) is 18.4 Å². The number of carbonyl (C=O) groups excluding carboxylic acids is 1. The number of hydrogen-bond acceptors (Lipinski definition) is 2. The number of hydrogen-bond donors (Lipinski definition) is 2. The highest BCUT2D eigenvalue weighted by molar-refractivity contribution is 5.80. The van der Waals surface area contributed by atoms with Gasteiger partial charge in [-0.3, -0.25) is 4.79 Å². The van der Waals surface area contributed by atoms with E-state index >= 15 is 0 Å². The molecule has 1 aromatic carbocycles. The summed E-state index contributed by atoms with van der Waals surface area (Å²) in [6, 6.07) is 6.21. The first-order valence-electron chi connectivity index (χ1n) is 6.12. The topological polar surface area (TPSA) is 55.1 Å². The lowest BCUT2D eigenvalue weighted by Gasteiger charge is -2.15. The van der Waals surface area contributed by atoms with Crippen molar-refractivity contribution in [1.29, 1.82) is 0 Å². The number of carbonyl (C=O) groups is 1. The van der Waals surface area contributed by atoms with E-state index in [0.29, 0.717) is 13.0 Å². The van der Waals surface area contributed by atoms with Gasteiger partial charge in [-0.2, -0.15) is 0 Å². The van der Waals surface area contributed by atoms with Gasteiger partial charge >= 0.3 is 0 Å². The smallest absolute Gasteiger partial charge is 0.224 e. The Balaban J connectivity index is 2.00. The molecule has 0 spiro atoms. The Hall–Kier alpha value is -1.35. The van der Waals surface area contributed by atoms with Crippen LogP contribution in [0.4, 0.5) is 0 Å². The van der Waals surface area contributed by atoms with Gasteiger partial charge < -0.3 is 11.1 Å². The molecule has 0 atom stereocenters. The van der Waals surface area contributed by atoms with Crippen molar-refractivity contribution in [3.8, 4) is 0 Å². The summed E-state index contributed by atoms with van der Waals surface area (Å²) < 4.78 is 0. The predicted molar refractivity (Wildman–Crippen MR) is 68.8 cm³/mol. The molecule has 1 fully saturated rings. The molecule has 1 saturated carbocycles. The Labute approximate surface area is 102 Å². The highest BCUT2D eigenvalue weighted by Crippen LogP contribution is 2.33. The lowest BCUT2D eigenvalue weighted by atomic mass is 10.0. The molecule has 3 N–H and O–H groups in total. The summed E-state index contributed by atoms with van der Waals surface area (Å²) >= 11 is 0. The van der Waals surface area contributed by atoms with E-state index < -0.39 is 0 Å². The van der Waals surface area contributed by atoms with E-state index in [1.54, 1.807) is 0 Å². The fraction of sp³-hybridized carbons (Fsp3) is 0.500. The van der Waals surface area contributed by atoms with Gasteiger partial charge in [0.25, 0.3) is 0 Å². The van der Waals surface area contributed by atoms with Crippen molar-refractivity contribution < 1.29 is 4.79 Å². The fourth-order valence-electron chi connectivity index (χ4n) is 2.03. The maximum absolute atomic E-state index is 11.9. The Kier molecular flexibility index (Phi) is 3.20. The van der Waals surface area contributed by atoms with Gasteiger partial charge in [0.2, 0.25) is 5.91 Å². The minimum absolute atomic E-state index is 0.0849. The molecule has 1 amide bonds. The molecule has 0 aromatic heterocycles. The van der Waals surface area contributed by atoms with Gasteiger partial charge in [-0.05, 0) is 37.8 Å². The minimum Gasteiger partial charge on any atom is -0.349 e. The quantitative estimate of drug-likeness (QED) is 0.825. The normalized spacial score (nSPS) is 16.6. The molecule has 92 valence electrons. The lowest BCUT2D eigenvalue weighted by Crippen LogP contribution is -2.43. The SMILES string of the molecule is Cc1ccc(C)c(CC(=O)NC2(CN)CC2)c1. The maximum Gasteiger partial charge on any atom is 0.224 e. The van der Waals surface area contributed by atoms with Crippen molar-refractivity contribution in [2.75, 3.05) is 6.54 Å². The van der Waals surface area contributed by atoms with Crippen LogP contribution in [0.3, 0.4) is 0 Å². The van der Waals surface area contributed by atoms with Crippen molar-refractivity contribution in [2.24, 2.45) is 5.73 Å². The van der Waals surface area contributed by atoms with Crippen LogP contribution in [0.15, 0.2) is 18.2 Å². The van der Waals surface area contributed by atoms with Crippen molar-refractivity contribution in [3.63, 3.8) is 0 Å². The minimum atomic E-state index is -0.0885. The van der Waals surface area contributed by atoms with E-state index in [9.17, 15) is 4.79 Å². The molecule has 1 aliphatic carbocycles. The summed E-state index contributed by atoms with van der Waals surface area (Å²) in [4.78, 5) is 11.9. The molecule has 0 bridgehead atoms. The summed E-state index contributed by atoms with van der Waals surface area (Å²) in [5.41, 5.74) is 9.03. The third-order valence-corrected chi connectivity index (χ3v) is 3.50. The van der Waals surface area contributed by atoms with Gasteiger partial charge in [0.05, 0.1) is 12.0 Å². The second-order valence-corrected chi connectivity index (χ2v) is 5.14. The summed E-state index contributed by atoms with van der Waals surface area (Å²) in [6.45, 7) is 4.63. The largest absolute Gasteiger partial charge is 0.349 e. The van der Waals surface area contributed by atoms with E-state index in [2.05, 4.69) is 23.5 Å². The van der Waals surface area contributed by atoms with Crippen LogP contribution in [-0.4, -0.2) is 18.0 Å². The third kappa shape index (κ3) is 2.86. The number of aryl methyl sites for hydroxylation is 2. The molecule has 2 rings (SSSR count). The Morgan fingerprint density at radius 3 is 2.71 bits per heavy atom. The predicted octanol–water partition coefficient (Wildman–Crippen LogP) is 1.45. The molecule has 0 heterocycles. The fourth-order valence-corrected chi connectivity index (χ4v) is 2.03. The third-order valence-electron chi connectivity index (χ3n) is 3.50. The molecule has 3 heteroatoms. The first-order valence-corrected chi connectivity index (χ1v) is 6.12. The van der Waals surface area contributed by atoms with Crippen molar-refractivity contribution in [3.05, 3.63) is 34.9 Å². The molecular formula is C14H20N2O. The second kappa shape index (κ2) is 4.49. The Morgan fingerprint density at radius 1 is 1.41 bits per heavy atom. The van der Waals surface area contributed by atoms with E-state index in [-0.39, 0.29) is 11.4 Å². The standard InChI is InChI=1S/C14H20N2O/c1-10-3-4-11(2)12(7-10)8-13(17)16-14(9-15)5-6-14/h3-4,7H,5-6,8-9,15H2,1-2H3,(H,16,17). The second-order valence-electron chi connectivity index (χ2n) is 5.14. The summed E-state index contributed by atoms with van der Waals surface area (Å²) in [6.07, 6.45) is 2.49. The van der Waals surface area contributed by atoms with Gasteiger partial charge in [-0.15, -0.1) is 0 Å². The molecular weight excluding hydrogens is 212 g/mol. The highest BCUT2D eigenvalue weighted by Gasteiger charge is 2.42. The van der Waals surface area contributed by atoms with Gasteiger partial charge in [-0.1, -0.05) is 23.8 Å². The van der Waals surface area contributed by atoms with Crippen molar-refractivity contribution in [2.45, 2.75) is 38.6 Å². The Bertz CT molecular complexity index is 436. The van der Waals surface area contributed by atoms with Crippen LogP contribution >= 0.6 is 0 Å². The zero-order chi connectivity index (χ0) is 12.5.